The fourth-order valence-corrected chi connectivity index (χ4v) is 3.71. The summed E-state index contributed by atoms with van der Waals surface area (Å²) in [6, 6.07) is 6.42. The lowest BCUT2D eigenvalue weighted by atomic mass is 10.1. The first-order chi connectivity index (χ1) is 21.2. The summed E-state index contributed by atoms with van der Waals surface area (Å²) in [6.07, 6.45) is -3.58. The third kappa shape index (κ3) is 9.03. The number of hydrogen-bond donors (Lipinski definition) is 5. The van der Waals surface area contributed by atoms with Crippen molar-refractivity contribution in [3.05, 3.63) is 89.0 Å². The van der Waals surface area contributed by atoms with E-state index in [4.69, 9.17) is 25.1 Å². The predicted octanol–water partition coefficient (Wildman–Crippen LogP) is 3.00. The Hall–Kier alpha value is -5.46. The Kier molecular flexibility index (Phi) is 12.4. The zero-order valence-electron chi connectivity index (χ0n) is 23.4. The molecule has 0 aliphatic rings. The van der Waals surface area contributed by atoms with E-state index in [1.54, 1.807) is 0 Å². The van der Waals surface area contributed by atoms with E-state index in [2.05, 4.69) is 15.3 Å². The highest BCUT2D eigenvalue weighted by atomic mass is 19.4. The predicted molar refractivity (Wildman–Crippen MR) is 148 cm³/mol. The zero-order chi connectivity index (χ0) is 33.5. The number of nitrogens with zero attached hydrogens (tertiary/aromatic N) is 2. The van der Waals surface area contributed by atoms with Crippen LogP contribution in [0.5, 0.6) is 5.75 Å². The van der Waals surface area contributed by atoms with Crippen LogP contribution in [-0.2, 0) is 22.3 Å². The summed E-state index contributed by atoms with van der Waals surface area (Å²) in [7, 11) is 1.27. The number of carbonyl (C=O) groups is 3. The first-order valence-electron chi connectivity index (χ1n) is 12.4. The molecule has 0 aliphatic heterocycles. The van der Waals surface area contributed by atoms with Crippen LogP contribution in [0.2, 0.25) is 0 Å². The molecule has 4 rings (SSSR count). The Bertz CT molecular complexity index is 1740. The number of aliphatic hydroxyl groups excluding tert-OH is 1. The molecular weight excluding hydrogens is 631 g/mol. The molecule has 0 saturated heterocycles. The number of pyridine rings is 1. The number of ether oxygens (including phenoxy) is 1. The Labute approximate surface area is 255 Å². The molecule has 1 atom stereocenters. The molecule has 2 heterocycles. The first-order valence-corrected chi connectivity index (χ1v) is 12.4. The molecular formula is C28H25F5N4O9. The fourth-order valence-electron chi connectivity index (χ4n) is 3.71. The van der Waals surface area contributed by atoms with Crippen LogP contribution < -0.4 is 15.8 Å². The molecule has 0 fully saturated rings. The molecule has 0 saturated carbocycles. The van der Waals surface area contributed by atoms with Crippen LogP contribution in [0.3, 0.4) is 0 Å². The SMILES string of the molecule is COc1ccc(-c2nc(C(=O)NCc3ccc(F)cc3F)c([C@@H](N)CO)o2)c2ccc(C(F)(F)F)nc12.O.O=C(O)/C=C\C(=O)O. The summed E-state index contributed by atoms with van der Waals surface area (Å²) in [5.41, 5.74) is 4.45. The van der Waals surface area contributed by atoms with Crippen molar-refractivity contribution in [1.29, 1.82) is 0 Å². The highest BCUT2D eigenvalue weighted by Crippen LogP contribution is 2.37. The van der Waals surface area contributed by atoms with Crippen LogP contribution >= 0.6 is 0 Å². The molecule has 8 N–H and O–H groups in total. The van der Waals surface area contributed by atoms with Gasteiger partial charge in [-0.05, 0) is 30.3 Å². The number of aliphatic carboxylic acids is 2. The summed E-state index contributed by atoms with van der Waals surface area (Å²) in [5.74, 6) is -5.35. The number of aliphatic hydroxyl groups is 1. The van der Waals surface area contributed by atoms with Gasteiger partial charge in [-0.2, -0.15) is 13.2 Å². The lowest BCUT2D eigenvalue weighted by molar-refractivity contribution is -0.141. The van der Waals surface area contributed by atoms with Crippen LogP contribution in [0, 0.1) is 11.6 Å². The topological polar surface area (TPSA) is 230 Å². The summed E-state index contributed by atoms with van der Waals surface area (Å²) in [4.78, 5) is 39.8. The van der Waals surface area contributed by atoms with Crippen molar-refractivity contribution in [2.75, 3.05) is 13.7 Å². The normalized spacial score (nSPS) is 11.7. The smallest absolute Gasteiger partial charge is 0.433 e. The van der Waals surface area contributed by atoms with Gasteiger partial charge in [0.05, 0.1) is 19.8 Å². The van der Waals surface area contributed by atoms with Crippen molar-refractivity contribution in [1.82, 2.24) is 15.3 Å². The van der Waals surface area contributed by atoms with Gasteiger partial charge >= 0.3 is 18.1 Å². The number of alkyl halides is 3. The van der Waals surface area contributed by atoms with Crippen molar-refractivity contribution in [3.63, 3.8) is 0 Å². The molecule has 13 nitrogen and oxygen atoms in total. The molecule has 0 aliphatic carbocycles. The number of carboxylic acids is 2. The number of amides is 1. The van der Waals surface area contributed by atoms with Crippen molar-refractivity contribution < 1.29 is 66.3 Å². The summed E-state index contributed by atoms with van der Waals surface area (Å²) < 4.78 is 77.6. The average molecular weight is 657 g/mol. The quantitative estimate of drug-likeness (QED) is 0.130. The Balaban J connectivity index is 0.000000725. The summed E-state index contributed by atoms with van der Waals surface area (Å²) in [6.45, 7) is -0.947. The maximum Gasteiger partial charge on any atom is 0.433 e. The van der Waals surface area contributed by atoms with E-state index in [-0.39, 0.29) is 57.1 Å². The number of fused-ring (bicyclic) bond motifs is 1. The van der Waals surface area contributed by atoms with E-state index in [1.165, 1.54) is 19.2 Å². The van der Waals surface area contributed by atoms with E-state index >= 15 is 0 Å². The minimum atomic E-state index is -4.70. The highest BCUT2D eigenvalue weighted by molar-refractivity contribution is 5.98. The molecule has 0 unspecified atom stereocenters. The van der Waals surface area contributed by atoms with Crippen LogP contribution in [0.25, 0.3) is 22.4 Å². The van der Waals surface area contributed by atoms with Gasteiger partial charge < -0.3 is 41.0 Å². The molecule has 4 aromatic rings. The van der Waals surface area contributed by atoms with E-state index in [0.717, 1.165) is 24.3 Å². The molecule has 0 bridgehead atoms. The van der Waals surface area contributed by atoms with Gasteiger partial charge in [-0.15, -0.1) is 0 Å². The highest BCUT2D eigenvalue weighted by Gasteiger charge is 2.33. The number of nitrogens with one attached hydrogen (secondary N) is 1. The second-order valence-electron chi connectivity index (χ2n) is 8.85. The van der Waals surface area contributed by atoms with Gasteiger partial charge in [0.25, 0.3) is 5.91 Å². The number of hydrogen-bond acceptors (Lipinski definition) is 9. The van der Waals surface area contributed by atoms with Gasteiger partial charge in [-0.1, -0.05) is 6.07 Å². The summed E-state index contributed by atoms with van der Waals surface area (Å²) in [5, 5.41) is 27.8. The standard InChI is InChI=1S/C24H19F5N4O4.C4H4O4.H2O/c1-36-17-6-4-14(13-5-7-18(24(27,28)29)32-19(13)17)23-33-20(21(37-23)16(30)10-34)22(35)31-9-11-2-3-12(25)8-15(11)26;5-3(6)1-2-4(7)8;/h2-8,16,34H,9-10,30H2,1H3,(H,31,35);1-2H,(H,5,6)(H,7,8);1H2/b;2-1-;/t16-;;/m0../s1. The van der Waals surface area contributed by atoms with Gasteiger partial charge in [0.2, 0.25) is 5.89 Å². The van der Waals surface area contributed by atoms with Crippen LogP contribution in [0.1, 0.15) is 33.5 Å². The molecule has 0 radical (unpaired) electrons. The molecule has 246 valence electrons. The molecule has 2 aromatic heterocycles. The molecule has 18 heteroatoms. The Morgan fingerprint density at radius 2 is 1.70 bits per heavy atom. The van der Waals surface area contributed by atoms with Gasteiger partial charge in [0, 0.05) is 41.3 Å². The first kappa shape index (κ1) is 36.7. The molecule has 46 heavy (non-hydrogen) atoms. The van der Waals surface area contributed by atoms with Gasteiger partial charge in [0.15, 0.2) is 11.5 Å². The maximum atomic E-state index is 13.9. The third-order valence-electron chi connectivity index (χ3n) is 5.79. The third-order valence-corrected chi connectivity index (χ3v) is 5.79. The maximum absolute atomic E-state index is 13.9. The van der Waals surface area contributed by atoms with Crippen molar-refractivity contribution in [2.45, 2.75) is 18.8 Å². The second kappa shape index (κ2) is 15.5. The van der Waals surface area contributed by atoms with Crippen LogP contribution in [0.15, 0.2) is 59.0 Å². The van der Waals surface area contributed by atoms with Crippen LogP contribution in [0.4, 0.5) is 22.0 Å². The fraction of sp³-hybridized carbons (Fsp3) is 0.179. The van der Waals surface area contributed by atoms with E-state index < -0.39 is 54.0 Å². The second-order valence-corrected chi connectivity index (χ2v) is 8.85. The van der Waals surface area contributed by atoms with Gasteiger partial charge in [-0.25, -0.2) is 28.3 Å². The number of carboxylic acid groups (broad SMARTS) is 2. The minimum Gasteiger partial charge on any atom is -0.494 e. The largest absolute Gasteiger partial charge is 0.494 e. The number of nitrogens with two attached hydrogens (primary N) is 1. The zero-order valence-corrected chi connectivity index (χ0v) is 23.4. The van der Waals surface area contributed by atoms with E-state index in [9.17, 15) is 41.4 Å². The van der Waals surface area contributed by atoms with Gasteiger partial charge in [-0.3, -0.25) is 4.79 Å². The number of benzene rings is 2. The number of oxazole rings is 1. The Morgan fingerprint density at radius 1 is 1.04 bits per heavy atom. The number of methoxy groups -OCH3 is 1. The van der Waals surface area contributed by atoms with Crippen molar-refractivity contribution in [2.24, 2.45) is 5.73 Å². The molecule has 1 amide bonds. The van der Waals surface area contributed by atoms with Crippen LogP contribution in [-0.4, -0.2) is 62.3 Å². The lowest BCUT2D eigenvalue weighted by Gasteiger charge is -2.11. The average Bonchev–Trinajstić information content (AvgIpc) is 3.43. The van der Waals surface area contributed by atoms with E-state index in [0.29, 0.717) is 18.2 Å². The molecule has 0 spiro atoms. The minimum absolute atomic E-state index is 0. The van der Waals surface area contributed by atoms with Crippen molar-refractivity contribution >= 4 is 28.7 Å². The number of halogens is 5. The number of carbonyl (C=O) groups excluding carboxylic acids is 1. The summed E-state index contributed by atoms with van der Waals surface area (Å²) >= 11 is 0. The monoisotopic (exact) mass is 656 g/mol. The number of aromatic nitrogens is 2. The number of rotatable bonds is 9. The van der Waals surface area contributed by atoms with Crippen molar-refractivity contribution in [3.8, 4) is 17.2 Å². The van der Waals surface area contributed by atoms with Gasteiger partial charge in [0.1, 0.15) is 28.6 Å². The molecule has 2 aromatic carbocycles. The van der Waals surface area contributed by atoms with E-state index in [1.807, 2.05) is 0 Å². The lowest BCUT2D eigenvalue weighted by Crippen LogP contribution is -2.26. The Morgan fingerprint density at radius 3 is 2.24 bits per heavy atom.